The van der Waals surface area contributed by atoms with E-state index in [1.54, 1.807) is 0 Å². The molecule has 1 aliphatic heterocycles. The summed E-state index contributed by atoms with van der Waals surface area (Å²) in [6.45, 7) is 2.51. The third-order valence-electron chi connectivity index (χ3n) is 2.25. The minimum atomic E-state index is -4.35. The maximum absolute atomic E-state index is 12.3. The third-order valence-corrected chi connectivity index (χ3v) is 2.25. The molecule has 0 saturated carbocycles. The van der Waals surface area contributed by atoms with Gasteiger partial charge >= 0.3 is 6.18 Å². The van der Waals surface area contributed by atoms with Crippen LogP contribution in [-0.4, -0.2) is 15.6 Å². The van der Waals surface area contributed by atoms with Gasteiger partial charge in [0.25, 0.3) is 0 Å². The molecule has 0 aliphatic carbocycles. The standard InChI is InChI=1S/C8H10F3N3/c1-5-2-3-14-4-6(8(9,10)11)13-7(14)12-5/h4-5H,2-3H2,1H3,(H,12,13). The van der Waals surface area contributed by atoms with E-state index in [9.17, 15) is 13.2 Å². The highest BCUT2D eigenvalue weighted by Crippen LogP contribution is 2.30. The van der Waals surface area contributed by atoms with E-state index in [-0.39, 0.29) is 6.04 Å². The summed E-state index contributed by atoms with van der Waals surface area (Å²) in [5.74, 6) is 0.316. The maximum Gasteiger partial charge on any atom is 0.434 e. The molecule has 0 amide bonds. The first-order valence-electron chi connectivity index (χ1n) is 4.38. The minimum absolute atomic E-state index is 0.186. The van der Waals surface area contributed by atoms with Crippen molar-refractivity contribution in [2.75, 3.05) is 5.32 Å². The predicted molar refractivity (Wildman–Crippen MR) is 44.9 cm³/mol. The Morgan fingerprint density at radius 3 is 2.93 bits per heavy atom. The summed E-state index contributed by atoms with van der Waals surface area (Å²) >= 11 is 0. The monoisotopic (exact) mass is 205 g/mol. The number of rotatable bonds is 0. The summed E-state index contributed by atoms with van der Waals surface area (Å²) in [4.78, 5) is 3.50. The normalized spacial score (nSPS) is 21.6. The van der Waals surface area contributed by atoms with Crippen molar-refractivity contribution in [3.8, 4) is 0 Å². The van der Waals surface area contributed by atoms with E-state index in [0.29, 0.717) is 12.5 Å². The lowest BCUT2D eigenvalue weighted by Gasteiger charge is -2.21. The topological polar surface area (TPSA) is 29.9 Å². The molecule has 14 heavy (non-hydrogen) atoms. The molecule has 1 atom stereocenters. The molecular formula is C8H10F3N3. The number of nitrogens with zero attached hydrogens (tertiary/aromatic N) is 2. The molecule has 1 aliphatic rings. The van der Waals surface area contributed by atoms with Crippen LogP contribution in [0.25, 0.3) is 0 Å². The second kappa shape index (κ2) is 2.90. The van der Waals surface area contributed by atoms with Gasteiger partial charge in [0.15, 0.2) is 5.69 Å². The molecule has 2 rings (SSSR count). The molecule has 1 unspecified atom stereocenters. The minimum Gasteiger partial charge on any atom is -0.353 e. The van der Waals surface area contributed by atoms with Crippen LogP contribution in [-0.2, 0) is 12.7 Å². The van der Waals surface area contributed by atoms with Crippen LogP contribution in [0.2, 0.25) is 0 Å². The van der Waals surface area contributed by atoms with Gasteiger partial charge in [0, 0.05) is 18.8 Å². The van der Waals surface area contributed by atoms with Crippen LogP contribution in [0.5, 0.6) is 0 Å². The van der Waals surface area contributed by atoms with Crippen molar-refractivity contribution < 1.29 is 13.2 Å². The largest absolute Gasteiger partial charge is 0.434 e. The number of alkyl halides is 3. The van der Waals surface area contributed by atoms with E-state index in [0.717, 1.165) is 12.6 Å². The van der Waals surface area contributed by atoms with E-state index >= 15 is 0 Å². The van der Waals surface area contributed by atoms with Gasteiger partial charge in [-0.2, -0.15) is 13.2 Å². The molecule has 0 aromatic carbocycles. The fraction of sp³-hybridized carbons (Fsp3) is 0.625. The van der Waals surface area contributed by atoms with E-state index < -0.39 is 11.9 Å². The van der Waals surface area contributed by atoms with E-state index in [4.69, 9.17) is 0 Å². The molecule has 78 valence electrons. The van der Waals surface area contributed by atoms with Gasteiger partial charge in [-0.3, -0.25) is 0 Å². The Labute approximate surface area is 78.9 Å². The van der Waals surface area contributed by atoms with Gasteiger partial charge in [0.2, 0.25) is 5.95 Å². The van der Waals surface area contributed by atoms with E-state index in [2.05, 4.69) is 10.3 Å². The van der Waals surface area contributed by atoms with Crippen LogP contribution >= 0.6 is 0 Å². The second-order valence-electron chi connectivity index (χ2n) is 3.47. The number of imidazole rings is 1. The van der Waals surface area contributed by atoms with Crippen molar-refractivity contribution in [3.63, 3.8) is 0 Å². The molecule has 0 radical (unpaired) electrons. The Balaban J connectivity index is 2.32. The van der Waals surface area contributed by atoms with Crippen LogP contribution in [0.1, 0.15) is 19.0 Å². The van der Waals surface area contributed by atoms with Crippen molar-refractivity contribution >= 4 is 5.95 Å². The maximum atomic E-state index is 12.3. The predicted octanol–water partition coefficient (Wildman–Crippen LogP) is 2.11. The van der Waals surface area contributed by atoms with E-state index in [1.165, 1.54) is 4.57 Å². The van der Waals surface area contributed by atoms with E-state index in [1.807, 2.05) is 6.92 Å². The Kier molecular flexibility index (Phi) is 1.94. The molecule has 0 saturated heterocycles. The molecule has 1 N–H and O–H groups in total. The highest BCUT2D eigenvalue weighted by molar-refractivity contribution is 5.32. The van der Waals surface area contributed by atoms with Gasteiger partial charge < -0.3 is 9.88 Å². The van der Waals surface area contributed by atoms with Crippen LogP contribution in [0, 0.1) is 0 Å². The quantitative estimate of drug-likeness (QED) is 0.703. The summed E-state index contributed by atoms with van der Waals surface area (Å²) in [6, 6.07) is 0.186. The van der Waals surface area contributed by atoms with Gasteiger partial charge in [0.1, 0.15) is 0 Å². The molecule has 6 heteroatoms. The van der Waals surface area contributed by atoms with Crippen molar-refractivity contribution in [1.29, 1.82) is 0 Å². The summed E-state index contributed by atoms with van der Waals surface area (Å²) < 4.78 is 38.3. The second-order valence-corrected chi connectivity index (χ2v) is 3.47. The molecule has 1 aromatic rings. The van der Waals surface area contributed by atoms with Gasteiger partial charge in [-0.05, 0) is 13.3 Å². The molecule has 0 fully saturated rings. The van der Waals surface area contributed by atoms with Crippen molar-refractivity contribution in [2.45, 2.75) is 32.1 Å². The van der Waals surface area contributed by atoms with Gasteiger partial charge in [-0.15, -0.1) is 0 Å². The lowest BCUT2D eigenvalue weighted by Crippen LogP contribution is -2.25. The smallest absolute Gasteiger partial charge is 0.353 e. The Hall–Kier alpha value is -1.20. The van der Waals surface area contributed by atoms with Crippen LogP contribution < -0.4 is 5.32 Å². The first-order chi connectivity index (χ1) is 6.47. The zero-order chi connectivity index (χ0) is 10.3. The Bertz CT molecular complexity index is 342. The summed E-state index contributed by atoms with van der Waals surface area (Å²) in [6.07, 6.45) is -2.48. The molecule has 1 aromatic heterocycles. The number of hydrogen-bond acceptors (Lipinski definition) is 2. The lowest BCUT2D eigenvalue weighted by molar-refractivity contribution is -0.140. The summed E-state index contributed by atoms with van der Waals surface area (Å²) in [7, 11) is 0. The molecular weight excluding hydrogens is 195 g/mol. The highest BCUT2D eigenvalue weighted by atomic mass is 19.4. The number of fused-ring (bicyclic) bond motifs is 1. The first kappa shape index (κ1) is 9.36. The van der Waals surface area contributed by atoms with Crippen molar-refractivity contribution in [3.05, 3.63) is 11.9 Å². The summed E-state index contributed by atoms with van der Waals surface area (Å²) in [5.41, 5.74) is -0.825. The third kappa shape index (κ3) is 1.56. The summed E-state index contributed by atoms with van der Waals surface area (Å²) in [5, 5.41) is 2.90. The lowest BCUT2D eigenvalue weighted by atomic mass is 10.2. The first-order valence-corrected chi connectivity index (χ1v) is 4.38. The van der Waals surface area contributed by atoms with Crippen molar-refractivity contribution in [2.24, 2.45) is 0 Å². The van der Waals surface area contributed by atoms with Crippen LogP contribution in [0.15, 0.2) is 6.20 Å². The number of hydrogen-bond donors (Lipinski definition) is 1. The number of aromatic nitrogens is 2. The SMILES string of the molecule is CC1CCn2cc(C(F)(F)F)nc2N1. The Morgan fingerprint density at radius 2 is 2.29 bits per heavy atom. The highest BCUT2D eigenvalue weighted by Gasteiger charge is 2.35. The van der Waals surface area contributed by atoms with Crippen molar-refractivity contribution in [1.82, 2.24) is 9.55 Å². The molecule has 3 nitrogen and oxygen atoms in total. The van der Waals surface area contributed by atoms with Gasteiger partial charge in [0.05, 0.1) is 0 Å². The number of anilines is 1. The number of halogens is 3. The average Bonchev–Trinajstić information content (AvgIpc) is 2.45. The fourth-order valence-electron chi connectivity index (χ4n) is 1.46. The number of aryl methyl sites for hydroxylation is 1. The molecule has 2 heterocycles. The Morgan fingerprint density at radius 1 is 1.57 bits per heavy atom. The molecule has 0 spiro atoms. The average molecular weight is 205 g/mol. The van der Waals surface area contributed by atoms with Crippen LogP contribution in [0.3, 0.4) is 0 Å². The number of nitrogens with one attached hydrogen (secondary N) is 1. The van der Waals surface area contributed by atoms with Gasteiger partial charge in [-0.1, -0.05) is 0 Å². The molecule has 0 bridgehead atoms. The fourth-order valence-corrected chi connectivity index (χ4v) is 1.46. The zero-order valence-corrected chi connectivity index (χ0v) is 7.60. The van der Waals surface area contributed by atoms with Gasteiger partial charge in [-0.25, -0.2) is 4.98 Å². The van der Waals surface area contributed by atoms with Crippen LogP contribution in [0.4, 0.5) is 19.1 Å². The zero-order valence-electron chi connectivity index (χ0n) is 7.60.